The van der Waals surface area contributed by atoms with Crippen molar-refractivity contribution in [3.05, 3.63) is 38.9 Å². The van der Waals surface area contributed by atoms with Gasteiger partial charge in [0.15, 0.2) is 6.61 Å². The average molecular weight is 327 g/mol. The molecule has 0 bridgehead atoms. The van der Waals surface area contributed by atoms with E-state index in [1.807, 2.05) is 6.92 Å². The van der Waals surface area contributed by atoms with E-state index < -0.39 is 29.1 Å². The minimum atomic E-state index is -0.955. The van der Waals surface area contributed by atoms with Crippen LogP contribution in [0.25, 0.3) is 0 Å². The average Bonchev–Trinajstić information content (AvgIpc) is 3.28. The zero-order valence-electron chi connectivity index (χ0n) is 11.9. The molecule has 1 saturated carbocycles. The Morgan fingerprint density at radius 1 is 1.50 bits per heavy atom. The Balaban J connectivity index is 1.95. The molecule has 1 atom stereocenters. The van der Waals surface area contributed by atoms with E-state index in [2.05, 4.69) is 5.32 Å². The van der Waals surface area contributed by atoms with Crippen LogP contribution in [0.4, 0.5) is 5.69 Å². The van der Waals surface area contributed by atoms with E-state index in [1.165, 1.54) is 6.07 Å². The maximum Gasteiger partial charge on any atom is 0.345 e. The summed E-state index contributed by atoms with van der Waals surface area (Å²) in [6.45, 7) is 1.40. The quantitative estimate of drug-likeness (QED) is 0.491. The highest BCUT2D eigenvalue weighted by atomic mass is 35.5. The predicted octanol–water partition coefficient (Wildman–Crippen LogP) is 2.32. The summed E-state index contributed by atoms with van der Waals surface area (Å²) in [5, 5.41) is 13.8. The Kier molecular flexibility index (Phi) is 4.97. The normalized spacial score (nSPS) is 15.0. The Morgan fingerprint density at radius 3 is 2.77 bits per heavy atom. The van der Waals surface area contributed by atoms with Crippen LogP contribution in [0, 0.1) is 16.0 Å². The summed E-state index contributed by atoms with van der Waals surface area (Å²) < 4.78 is 4.82. The Hall–Kier alpha value is -2.15. The van der Waals surface area contributed by atoms with Crippen LogP contribution >= 0.6 is 11.6 Å². The minimum Gasteiger partial charge on any atom is -0.452 e. The van der Waals surface area contributed by atoms with Crippen molar-refractivity contribution in [2.75, 3.05) is 6.61 Å². The molecule has 1 aromatic carbocycles. The van der Waals surface area contributed by atoms with Gasteiger partial charge in [-0.25, -0.2) is 4.79 Å². The fourth-order valence-corrected chi connectivity index (χ4v) is 2.22. The van der Waals surface area contributed by atoms with E-state index >= 15 is 0 Å². The lowest BCUT2D eigenvalue weighted by atomic mass is 10.2. The summed E-state index contributed by atoms with van der Waals surface area (Å²) in [5.41, 5.74) is -0.693. The molecular weight excluding hydrogens is 312 g/mol. The first-order valence-corrected chi connectivity index (χ1v) is 7.16. The number of hydrogen-bond donors (Lipinski definition) is 1. The van der Waals surface area contributed by atoms with Gasteiger partial charge in [0.05, 0.1) is 4.92 Å². The van der Waals surface area contributed by atoms with Crippen molar-refractivity contribution in [1.29, 1.82) is 0 Å². The lowest BCUT2D eigenvalue weighted by molar-refractivity contribution is -0.385. The van der Waals surface area contributed by atoms with E-state index in [1.54, 1.807) is 0 Å². The number of halogens is 1. The first-order chi connectivity index (χ1) is 10.4. The molecule has 1 amide bonds. The summed E-state index contributed by atoms with van der Waals surface area (Å²) in [5.74, 6) is -0.908. The summed E-state index contributed by atoms with van der Waals surface area (Å²) in [7, 11) is 0. The second kappa shape index (κ2) is 6.74. The van der Waals surface area contributed by atoms with Gasteiger partial charge in [-0.05, 0) is 37.8 Å². The highest BCUT2D eigenvalue weighted by Crippen LogP contribution is 2.32. The number of nitrogens with one attached hydrogen (secondary N) is 1. The summed E-state index contributed by atoms with van der Waals surface area (Å²) in [6.07, 6.45) is 2.16. The lowest BCUT2D eigenvalue weighted by Crippen LogP contribution is -2.37. The van der Waals surface area contributed by atoms with Gasteiger partial charge in [0, 0.05) is 17.1 Å². The van der Waals surface area contributed by atoms with Crippen molar-refractivity contribution in [2.24, 2.45) is 5.92 Å². The molecule has 0 radical (unpaired) electrons. The van der Waals surface area contributed by atoms with E-state index in [4.69, 9.17) is 16.3 Å². The van der Waals surface area contributed by atoms with E-state index in [0.717, 1.165) is 25.0 Å². The third kappa shape index (κ3) is 4.17. The Bertz CT molecular complexity index is 615. The molecule has 0 spiro atoms. The second-order valence-corrected chi connectivity index (χ2v) is 5.62. The van der Waals surface area contributed by atoms with Crippen molar-refractivity contribution >= 4 is 29.2 Å². The molecule has 0 saturated heterocycles. The molecule has 1 aliphatic rings. The molecular formula is C14H15ClN2O5. The van der Waals surface area contributed by atoms with Gasteiger partial charge in [0.25, 0.3) is 11.6 Å². The molecule has 2 rings (SSSR count). The van der Waals surface area contributed by atoms with Crippen molar-refractivity contribution in [1.82, 2.24) is 5.32 Å². The second-order valence-electron chi connectivity index (χ2n) is 5.19. The van der Waals surface area contributed by atoms with Gasteiger partial charge in [0.2, 0.25) is 0 Å². The van der Waals surface area contributed by atoms with Crippen molar-refractivity contribution in [3.8, 4) is 0 Å². The number of rotatable bonds is 6. The third-order valence-corrected chi connectivity index (χ3v) is 3.66. The number of hydrogen-bond acceptors (Lipinski definition) is 5. The number of benzene rings is 1. The smallest absolute Gasteiger partial charge is 0.345 e. The molecule has 118 valence electrons. The number of carbonyl (C=O) groups excluding carboxylic acids is 2. The zero-order chi connectivity index (χ0) is 16.3. The van der Waals surface area contributed by atoms with Crippen LogP contribution in [0.1, 0.15) is 30.1 Å². The van der Waals surface area contributed by atoms with Gasteiger partial charge in [-0.1, -0.05) is 11.6 Å². The van der Waals surface area contributed by atoms with Crippen LogP contribution in [0.2, 0.25) is 5.02 Å². The number of nitrogens with zero attached hydrogens (tertiary/aromatic N) is 1. The molecule has 8 heteroatoms. The molecule has 0 aliphatic heterocycles. The lowest BCUT2D eigenvalue weighted by Gasteiger charge is -2.12. The molecule has 7 nitrogen and oxygen atoms in total. The van der Waals surface area contributed by atoms with Crippen LogP contribution in [-0.2, 0) is 9.53 Å². The number of carbonyl (C=O) groups is 2. The van der Waals surface area contributed by atoms with Crippen LogP contribution in [-0.4, -0.2) is 29.4 Å². The highest BCUT2D eigenvalue weighted by Gasteiger charge is 2.29. The Labute approximate surface area is 131 Å². The SMILES string of the molecule is C[C@@H](NC(=O)COC(=O)c1cc(Cl)ccc1[N+](=O)[O-])C1CC1. The summed E-state index contributed by atoms with van der Waals surface area (Å²) >= 11 is 5.73. The molecule has 1 N–H and O–H groups in total. The van der Waals surface area contributed by atoms with Crippen molar-refractivity contribution in [2.45, 2.75) is 25.8 Å². The van der Waals surface area contributed by atoms with E-state index in [0.29, 0.717) is 5.92 Å². The number of amides is 1. The van der Waals surface area contributed by atoms with E-state index in [-0.39, 0.29) is 16.6 Å². The number of ether oxygens (including phenoxy) is 1. The van der Waals surface area contributed by atoms with Crippen molar-refractivity contribution < 1.29 is 19.2 Å². The fourth-order valence-electron chi connectivity index (χ4n) is 2.05. The molecule has 0 unspecified atom stereocenters. The maximum absolute atomic E-state index is 11.9. The van der Waals surface area contributed by atoms with Crippen LogP contribution in [0.5, 0.6) is 0 Å². The monoisotopic (exact) mass is 326 g/mol. The minimum absolute atomic E-state index is 0.0340. The van der Waals surface area contributed by atoms with Gasteiger partial charge in [-0.3, -0.25) is 14.9 Å². The van der Waals surface area contributed by atoms with Crippen molar-refractivity contribution in [3.63, 3.8) is 0 Å². The van der Waals surface area contributed by atoms with E-state index in [9.17, 15) is 19.7 Å². The zero-order valence-corrected chi connectivity index (χ0v) is 12.6. The molecule has 1 aromatic rings. The molecule has 1 aliphatic carbocycles. The number of nitro groups is 1. The van der Waals surface area contributed by atoms with Gasteiger partial charge in [-0.15, -0.1) is 0 Å². The largest absolute Gasteiger partial charge is 0.452 e. The third-order valence-electron chi connectivity index (χ3n) is 3.43. The van der Waals surface area contributed by atoms with Gasteiger partial charge in [-0.2, -0.15) is 0 Å². The topological polar surface area (TPSA) is 98.5 Å². The highest BCUT2D eigenvalue weighted by molar-refractivity contribution is 6.31. The molecule has 0 aromatic heterocycles. The Morgan fingerprint density at radius 2 is 2.18 bits per heavy atom. The van der Waals surface area contributed by atoms with Gasteiger partial charge >= 0.3 is 5.97 Å². The standard InChI is InChI=1S/C14H15ClN2O5/c1-8(9-2-3-9)16-13(18)7-22-14(19)11-6-10(15)4-5-12(11)17(20)21/h4-6,8-9H,2-3,7H2,1H3,(H,16,18)/t8-/m1/s1. The first kappa shape index (κ1) is 16.2. The summed E-state index contributed by atoms with van der Waals surface area (Å²) in [4.78, 5) is 33.7. The molecule has 22 heavy (non-hydrogen) atoms. The van der Waals surface area contributed by atoms with Gasteiger partial charge < -0.3 is 10.1 Å². The predicted molar refractivity (Wildman–Crippen MR) is 78.7 cm³/mol. The summed E-state index contributed by atoms with van der Waals surface area (Å²) in [6, 6.07) is 3.60. The van der Waals surface area contributed by atoms with Crippen LogP contribution in [0.3, 0.4) is 0 Å². The molecule has 0 heterocycles. The fraction of sp³-hybridized carbons (Fsp3) is 0.429. The maximum atomic E-state index is 11.9. The van der Waals surface area contributed by atoms with Crippen LogP contribution in [0.15, 0.2) is 18.2 Å². The van der Waals surface area contributed by atoms with Crippen LogP contribution < -0.4 is 5.32 Å². The number of nitro benzene ring substituents is 1. The number of esters is 1. The van der Waals surface area contributed by atoms with Gasteiger partial charge in [0.1, 0.15) is 5.56 Å². The first-order valence-electron chi connectivity index (χ1n) is 6.79. The molecule has 1 fully saturated rings.